The highest BCUT2D eigenvalue weighted by Gasteiger charge is 2.09. The molecule has 0 radical (unpaired) electrons. The molecule has 110 valence electrons. The Labute approximate surface area is 115 Å². The molecule has 0 aliphatic carbocycles. The summed E-state index contributed by atoms with van der Waals surface area (Å²) in [6, 6.07) is 0. The second kappa shape index (κ2) is 15.1. The molecule has 0 heterocycles. The van der Waals surface area contributed by atoms with E-state index in [9.17, 15) is 0 Å². The van der Waals surface area contributed by atoms with Crippen LogP contribution in [0.2, 0.25) is 0 Å². The van der Waals surface area contributed by atoms with Crippen molar-refractivity contribution < 1.29 is 4.43 Å². The molecule has 0 rings (SSSR count). The Morgan fingerprint density at radius 3 is 1.89 bits per heavy atom. The standard InChI is InChI=1S/C13H33N3OSi/c1-4-7-10-15-18(16-11-8-5-2)17-13-12-14-9-6-3/h14-16,18H,4-13H2,1-3H3. The summed E-state index contributed by atoms with van der Waals surface area (Å²) in [4.78, 5) is 7.10. The Balaban J connectivity index is 3.60. The van der Waals surface area contributed by atoms with Crippen LogP contribution in [0.4, 0.5) is 0 Å². The zero-order valence-electron chi connectivity index (χ0n) is 12.6. The molecule has 18 heavy (non-hydrogen) atoms. The third-order valence-electron chi connectivity index (χ3n) is 2.71. The van der Waals surface area contributed by atoms with E-state index in [-0.39, 0.29) is 0 Å². The van der Waals surface area contributed by atoms with Gasteiger partial charge in [0, 0.05) is 13.2 Å². The molecule has 0 aromatic rings. The smallest absolute Gasteiger partial charge is 0.335 e. The minimum atomic E-state index is -1.39. The van der Waals surface area contributed by atoms with Crippen LogP contribution in [-0.4, -0.2) is 42.1 Å². The lowest BCUT2D eigenvalue weighted by atomic mass is 10.3. The van der Waals surface area contributed by atoms with E-state index in [4.69, 9.17) is 4.43 Å². The van der Waals surface area contributed by atoms with Crippen molar-refractivity contribution in [3.05, 3.63) is 0 Å². The number of hydrogen-bond donors (Lipinski definition) is 3. The van der Waals surface area contributed by atoms with Crippen molar-refractivity contribution in [2.75, 3.05) is 32.8 Å². The summed E-state index contributed by atoms with van der Waals surface area (Å²) in [5.74, 6) is 0. The Morgan fingerprint density at radius 2 is 1.39 bits per heavy atom. The minimum Gasteiger partial charge on any atom is -0.393 e. The second-order valence-corrected chi connectivity index (χ2v) is 6.53. The fraction of sp³-hybridized carbons (Fsp3) is 1.00. The Kier molecular flexibility index (Phi) is 15.2. The first-order chi connectivity index (χ1) is 8.85. The lowest BCUT2D eigenvalue weighted by Crippen LogP contribution is -2.51. The molecular formula is C13H33N3OSi. The number of nitrogens with one attached hydrogen (secondary N) is 3. The molecule has 0 spiro atoms. The van der Waals surface area contributed by atoms with E-state index in [0.717, 1.165) is 32.8 Å². The zero-order valence-corrected chi connectivity index (χ0v) is 13.7. The van der Waals surface area contributed by atoms with Crippen LogP contribution in [-0.2, 0) is 4.43 Å². The van der Waals surface area contributed by atoms with Gasteiger partial charge in [0.2, 0.25) is 0 Å². The lowest BCUT2D eigenvalue weighted by Gasteiger charge is -2.18. The highest BCUT2D eigenvalue weighted by atomic mass is 28.3. The van der Waals surface area contributed by atoms with Crippen molar-refractivity contribution >= 4 is 9.36 Å². The summed E-state index contributed by atoms with van der Waals surface area (Å²) in [5.41, 5.74) is 0. The molecule has 5 heteroatoms. The third-order valence-corrected chi connectivity index (χ3v) is 4.60. The predicted molar refractivity (Wildman–Crippen MR) is 82.1 cm³/mol. The highest BCUT2D eigenvalue weighted by molar-refractivity contribution is 6.45. The van der Waals surface area contributed by atoms with E-state index >= 15 is 0 Å². The highest BCUT2D eigenvalue weighted by Crippen LogP contribution is 1.87. The van der Waals surface area contributed by atoms with Gasteiger partial charge in [-0.15, -0.1) is 0 Å². The molecule has 0 saturated heterocycles. The fourth-order valence-electron chi connectivity index (χ4n) is 1.56. The van der Waals surface area contributed by atoms with Crippen molar-refractivity contribution in [3.8, 4) is 0 Å². The predicted octanol–water partition coefficient (Wildman–Crippen LogP) is 1.50. The third kappa shape index (κ3) is 12.5. The first-order valence-electron chi connectivity index (χ1n) is 7.64. The Hall–Kier alpha value is 0.0569. The van der Waals surface area contributed by atoms with Gasteiger partial charge in [0.15, 0.2) is 0 Å². The van der Waals surface area contributed by atoms with Crippen molar-refractivity contribution in [2.45, 2.75) is 52.9 Å². The van der Waals surface area contributed by atoms with Gasteiger partial charge in [-0.25, -0.2) is 0 Å². The maximum absolute atomic E-state index is 5.94. The molecule has 0 bridgehead atoms. The molecule has 0 atom stereocenters. The monoisotopic (exact) mass is 275 g/mol. The van der Waals surface area contributed by atoms with E-state index in [1.807, 2.05) is 0 Å². The topological polar surface area (TPSA) is 45.3 Å². The average molecular weight is 276 g/mol. The lowest BCUT2D eigenvalue weighted by molar-refractivity contribution is 0.298. The van der Waals surface area contributed by atoms with Gasteiger partial charge in [-0.05, 0) is 38.9 Å². The Morgan fingerprint density at radius 1 is 0.778 bits per heavy atom. The van der Waals surface area contributed by atoms with E-state index in [1.165, 1.54) is 32.1 Å². The molecule has 0 aliphatic heterocycles. The largest absolute Gasteiger partial charge is 0.393 e. The maximum Gasteiger partial charge on any atom is 0.335 e. The van der Waals surface area contributed by atoms with E-state index in [0.29, 0.717) is 0 Å². The fourth-order valence-corrected chi connectivity index (χ4v) is 3.23. The van der Waals surface area contributed by atoms with Gasteiger partial charge >= 0.3 is 9.36 Å². The van der Waals surface area contributed by atoms with Crippen LogP contribution in [0.15, 0.2) is 0 Å². The van der Waals surface area contributed by atoms with E-state index in [1.54, 1.807) is 0 Å². The summed E-state index contributed by atoms with van der Waals surface area (Å²) in [6.45, 7) is 11.6. The number of hydrogen-bond acceptors (Lipinski definition) is 4. The molecule has 0 amide bonds. The van der Waals surface area contributed by atoms with Crippen LogP contribution in [0.5, 0.6) is 0 Å². The summed E-state index contributed by atoms with van der Waals surface area (Å²) in [5, 5.41) is 3.37. The molecule has 0 aliphatic rings. The van der Waals surface area contributed by atoms with Crippen LogP contribution >= 0.6 is 0 Å². The Bertz CT molecular complexity index is 151. The molecule has 4 nitrogen and oxygen atoms in total. The van der Waals surface area contributed by atoms with Gasteiger partial charge in [-0.3, -0.25) is 0 Å². The summed E-state index contributed by atoms with van der Waals surface area (Å²) in [7, 11) is -1.39. The molecule has 0 unspecified atom stereocenters. The maximum atomic E-state index is 5.94. The van der Waals surface area contributed by atoms with Gasteiger partial charge in [0.1, 0.15) is 0 Å². The molecule has 0 aromatic carbocycles. The minimum absolute atomic E-state index is 0.815. The molecule has 0 aromatic heterocycles. The van der Waals surface area contributed by atoms with Gasteiger partial charge in [-0.2, -0.15) is 0 Å². The summed E-state index contributed by atoms with van der Waals surface area (Å²) >= 11 is 0. The quantitative estimate of drug-likeness (QED) is 0.332. The van der Waals surface area contributed by atoms with Crippen LogP contribution < -0.4 is 15.3 Å². The van der Waals surface area contributed by atoms with Crippen LogP contribution in [0.1, 0.15) is 52.9 Å². The SMILES string of the molecule is CCCCN[SiH](NCCCC)OCCNCCC. The van der Waals surface area contributed by atoms with E-state index < -0.39 is 9.36 Å². The summed E-state index contributed by atoms with van der Waals surface area (Å²) in [6.07, 6.45) is 6.12. The number of unbranched alkanes of at least 4 members (excludes halogenated alkanes) is 2. The van der Waals surface area contributed by atoms with Crippen LogP contribution in [0.3, 0.4) is 0 Å². The van der Waals surface area contributed by atoms with Crippen molar-refractivity contribution in [2.24, 2.45) is 0 Å². The van der Waals surface area contributed by atoms with Crippen LogP contribution in [0, 0.1) is 0 Å². The molecular weight excluding hydrogens is 242 g/mol. The van der Waals surface area contributed by atoms with Gasteiger partial charge in [0.25, 0.3) is 0 Å². The first kappa shape index (κ1) is 18.1. The summed E-state index contributed by atoms with van der Waals surface area (Å²) < 4.78 is 5.94. The molecule has 3 N–H and O–H groups in total. The van der Waals surface area contributed by atoms with Crippen LogP contribution in [0.25, 0.3) is 0 Å². The molecule has 0 saturated carbocycles. The second-order valence-electron chi connectivity index (χ2n) is 4.62. The normalized spacial score (nSPS) is 11.3. The van der Waals surface area contributed by atoms with Crippen molar-refractivity contribution in [3.63, 3.8) is 0 Å². The van der Waals surface area contributed by atoms with E-state index in [2.05, 4.69) is 36.1 Å². The average Bonchev–Trinajstić information content (AvgIpc) is 2.38. The molecule has 0 fully saturated rings. The van der Waals surface area contributed by atoms with Crippen molar-refractivity contribution in [1.29, 1.82) is 0 Å². The van der Waals surface area contributed by atoms with Gasteiger partial charge < -0.3 is 19.7 Å². The van der Waals surface area contributed by atoms with Crippen molar-refractivity contribution in [1.82, 2.24) is 15.3 Å². The van der Waals surface area contributed by atoms with Gasteiger partial charge in [0.05, 0.1) is 0 Å². The number of rotatable bonds is 14. The first-order valence-corrected chi connectivity index (χ1v) is 9.26. The zero-order chi connectivity index (χ0) is 13.5. The van der Waals surface area contributed by atoms with Gasteiger partial charge in [-0.1, -0.05) is 33.6 Å².